The summed E-state index contributed by atoms with van der Waals surface area (Å²) < 4.78 is 5.49. The van der Waals surface area contributed by atoms with Gasteiger partial charge in [0.25, 0.3) is 11.7 Å². The van der Waals surface area contributed by atoms with Crippen LogP contribution in [-0.2, 0) is 9.59 Å². The molecule has 1 saturated heterocycles. The van der Waals surface area contributed by atoms with E-state index in [9.17, 15) is 14.7 Å². The number of carbonyl (C=O) groups excluding carboxylic acids is 2. The molecule has 1 aliphatic rings. The van der Waals surface area contributed by atoms with E-state index in [-0.39, 0.29) is 21.9 Å². The van der Waals surface area contributed by atoms with E-state index >= 15 is 0 Å². The molecule has 3 aromatic rings. The van der Waals surface area contributed by atoms with Crippen molar-refractivity contribution in [3.8, 4) is 0 Å². The van der Waals surface area contributed by atoms with E-state index in [1.165, 1.54) is 29.4 Å². The standard InChI is InChI=1S/C21H13Cl2NO4/c22-14-9-8-12(11-15(14)23)19(25)17-18(16-7-4-10-28-16)24(21(27)20(17)26)13-5-2-1-3-6-13/h1-11,18,25H/b19-17-. The van der Waals surface area contributed by atoms with Gasteiger partial charge >= 0.3 is 0 Å². The van der Waals surface area contributed by atoms with Crippen LogP contribution in [0.15, 0.2) is 76.9 Å². The van der Waals surface area contributed by atoms with Crippen molar-refractivity contribution in [3.05, 3.63) is 93.9 Å². The van der Waals surface area contributed by atoms with E-state index in [1.807, 2.05) is 0 Å². The lowest BCUT2D eigenvalue weighted by molar-refractivity contribution is -0.132. The fourth-order valence-electron chi connectivity index (χ4n) is 3.20. The predicted octanol–water partition coefficient (Wildman–Crippen LogP) is 5.21. The van der Waals surface area contributed by atoms with E-state index in [0.29, 0.717) is 16.5 Å². The summed E-state index contributed by atoms with van der Waals surface area (Å²) in [6.45, 7) is 0. The fourth-order valence-corrected chi connectivity index (χ4v) is 3.50. The van der Waals surface area contributed by atoms with E-state index in [1.54, 1.807) is 42.5 Å². The Morgan fingerprint density at radius 2 is 1.71 bits per heavy atom. The van der Waals surface area contributed by atoms with Gasteiger partial charge in [-0.25, -0.2) is 0 Å². The number of amides is 1. The van der Waals surface area contributed by atoms with Gasteiger partial charge in [-0.3, -0.25) is 14.5 Å². The zero-order valence-electron chi connectivity index (χ0n) is 14.3. The van der Waals surface area contributed by atoms with Crippen LogP contribution in [0.1, 0.15) is 17.4 Å². The molecule has 1 atom stereocenters. The number of benzene rings is 2. The average molecular weight is 414 g/mol. The summed E-state index contributed by atoms with van der Waals surface area (Å²) in [5.41, 5.74) is 0.707. The zero-order chi connectivity index (χ0) is 19.8. The number of hydrogen-bond acceptors (Lipinski definition) is 4. The van der Waals surface area contributed by atoms with Gasteiger partial charge in [0.05, 0.1) is 21.9 Å². The minimum atomic E-state index is -0.910. The first kappa shape index (κ1) is 18.3. The molecule has 0 spiro atoms. The van der Waals surface area contributed by atoms with Gasteiger partial charge in [-0.2, -0.15) is 0 Å². The minimum absolute atomic E-state index is 0.0813. The monoisotopic (exact) mass is 413 g/mol. The molecule has 2 heterocycles. The first-order valence-corrected chi connectivity index (χ1v) is 9.09. The molecular weight excluding hydrogens is 401 g/mol. The summed E-state index contributed by atoms with van der Waals surface area (Å²) in [5, 5.41) is 11.4. The molecule has 1 fully saturated rings. The maximum absolute atomic E-state index is 12.9. The Morgan fingerprint density at radius 3 is 2.36 bits per heavy atom. The van der Waals surface area contributed by atoms with Crippen LogP contribution in [0.25, 0.3) is 5.76 Å². The van der Waals surface area contributed by atoms with Crippen molar-refractivity contribution in [3.63, 3.8) is 0 Å². The molecule has 2 aromatic carbocycles. The Balaban J connectivity index is 1.93. The second-order valence-corrected chi connectivity index (χ2v) is 6.96. The highest BCUT2D eigenvalue weighted by Gasteiger charge is 2.48. The third-order valence-electron chi connectivity index (χ3n) is 4.48. The minimum Gasteiger partial charge on any atom is -0.507 e. The number of halogens is 2. The molecular formula is C21H13Cl2NO4. The smallest absolute Gasteiger partial charge is 0.300 e. The van der Waals surface area contributed by atoms with Crippen molar-refractivity contribution < 1.29 is 19.1 Å². The topological polar surface area (TPSA) is 70.8 Å². The normalized spacial score (nSPS) is 18.6. The van der Waals surface area contributed by atoms with Crippen LogP contribution in [0, 0.1) is 0 Å². The number of rotatable bonds is 3. The highest BCUT2D eigenvalue weighted by atomic mass is 35.5. The van der Waals surface area contributed by atoms with E-state index < -0.39 is 17.7 Å². The SMILES string of the molecule is O=C1C(=O)N(c2ccccc2)C(c2ccco2)/C1=C(/O)c1ccc(Cl)c(Cl)c1. The van der Waals surface area contributed by atoms with Crippen molar-refractivity contribution >= 4 is 46.3 Å². The van der Waals surface area contributed by atoms with Crippen LogP contribution >= 0.6 is 23.2 Å². The number of furan rings is 1. The van der Waals surface area contributed by atoms with Crippen molar-refractivity contribution in [1.82, 2.24) is 0 Å². The van der Waals surface area contributed by atoms with Gasteiger partial charge in [-0.1, -0.05) is 41.4 Å². The lowest BCUT2D eigenvalue weighted by Gasteiger charge is -2.23. The number of aliphatic hydroxyl groups is 1. The molecule has 5 nitrogen and oxygen atoms in total. The first-order chi connectivity index (χ1) is 13.5. The number of ketones is 1. The van der Waals surface area contributed by atoms with Crippen molar-refractivity contribution in [2.45, 2.75) is 6.04 Å². The lowest BCUT2D eigenvalue weighted by Crippen LogP contribution is -2.29. The number of hydrogen-bond donors (Lipinski definition) is 1. The molecule has 7 heteroatoms. The van der Waals surface area contributed by atoms with Gasteiger partial charge in [0.2, 0.25) is 0 Å². The fraction of sp³-hybridized carbons (Fsp3) is 0.0476. The highest BCUT2D eigenvalue weighted by Crippen LogP contribution is 2.42. The molecule has 140 valence electrons. The Bertz CT molecular complexity index is 1090. The summed E-state index contributed by atoms with van der Waals surface area (Å²) in [6.07, 6.45) is 1.44. The Labute approximate surface area is 170 Å². The second kappa shape index (κ2) is 7.19. The number of Topliss-reactive ketones (excluding diaryl/α,β-unsaturated/α-hetero) is 1. The summed E-state index contributed by atoms with van der Waals surface area (Å²) in [4.78, 5) is 27.0. The summed E-state index contributed by atoms with van der Waals surface area (Å²) in [7, 11) is 0. The molecule has 28 heavy (non-hydrogen) atoms. The number of carbonyl (C=O) groups is 2. The van der Waals surface area contributed by atoms with Gasteiger partial charge < -0.3 is 9.52 Å². The van der Waals surface area contributed by atoms with Gasteiger partial charge in [-0.05, 0) is 42.5 Å². The molecule has 1 aromatic heterocycles. The molecule has 1 amide bonds. The zero-order valence-corrected chi connectivity index (χ0v) is 15.8. The third-order valence-corrected chi connectivity index (χ3v) is 5.22. The Kier molecular flexibility index (Phi) is 4.71. The molecule has 1 aliphatic heterocycles. The molecule has 0 aliphatic carbocycles. The van der Waals surface area contributed by atoms with Crippen LogP contribution in [-0.4, -0.2) is 16.8 Å². The van der Waals surface area contributed by atoms with Gasteiger partial charge in [0.15, 0.2) is 0 Å². The van der Waals surface area contributed by atoms with Crippen LogP contribution in [0.4, 0.5) is 5.69 Å². The summed E-state index contributed by atoms with van der Waals surface area (Å²) >= 11 is 12.0. The maximum Gasteiger partial charge on any atom is 0.300 e. The quantitative estimate of drug-likeness (QED) is 0.363. The largest absolute Gasteiger partial charge is 0.507 e. The van der Waals surface area contributed by atoms with Crippen LogP contribution in [0.2, 0.25) is 10.0 Å². The van der Waals surface area contributed by atoms with Crippen LogP contribution in [0.5, 0.6) is 0 Å². The number of anilines is 1. The molecule has 0 bridgehead atoms. The van der Waals surface area contributed by atoms with Crippen molar-refractivity contribution in [2.75, 3.05) is 4.90 Å². The maximum atomic E-state index is 12.9. The van der Waals surface area contributed by atoms with E-state index in [0.717, 1.165) is 0 Å². The number of nitrogens with zero attached hydrogens (tertiary/aromatic N) is 1. The molecule has 1 unspecified atom stereocenters. The predicted molar refractivity (Wildman–Crippen MR) is 106 cm³/mol. The van der Waals surface area contributed by atoms with Crippen molar-refractivity contribution in [2.24, 2.45) is 0 Å². The number of para-hydroxylation sites is 1. The van der Waals surface area contributed by atoms with E-state index in [2.05, 4.69) is 0 Å². The highest BCUT2D eigenvalue weighted by molar-refractivity contribution is 6.51. The molecule has 4 rings (SSSR count). The van der Waals surface area contributed by atoms with Crippen LogP contribution in [0.3, 0.4) is 0 Å². The lowest BCUT2D eigenvalue weighted by atomic mass is 9.99. The summed E-state index contributed by atoms with van der Waals surface area (Å²) in [6, 6.07) is 15.6. The van der Waals surface area contributed by atoms with E-state index in [4.69, 9.17) is 27.6 Å². The number of aliphatic hydroxyl groups excluding tert-OH is 1. The molecule has 0 radical (unpaired) electrons. The first-order valence-electron chi connectivity index (χ1n) is 8.34. The Hall–Kier alpha value is -3.02. The summed E-state index contributed by atoms with van der Waals surface area (Å²) in [5.74, 6) is -1.57. The van der Waals surface area contributed by atoms with Gasteiger partial charge in [-0.15, -0.1) is 0 Å². The van der Waals surface area contributed by atoms with Crippen molar-refractivity contribution in [1.29, 1.82) is 0 Å². The molecule has 1 N–H and O–H groups in total. The Morgan fingerprint density at radius 1 is 0.964 bits per heavy atom. The third kappa shape index (κ3) is 2.99. The average Bonchev–Trinajstić information content (AvgIpc) is 3.31. The second-order valence-electron chi connectivity index (χ2n) is 6.15. The van der Waals surface area contributed by atoms with Gasteiger partial charge in [0.1, 0.15) is 17.6 Å². The van der Waals surface area contributed by atoms with Gasteiger partial charge in [0, 0.05) is 11.3 Å². The van der Waals surface area contributed by atoms with Crippen LogP contribution < -0.4 is 4.90 Å². The molecule has 0 saturated carbocycles.